The van der Waals surface area contributed by atoms with Gasteiger partial charge in [-0.3, -0.25) is 0 Å². The summed E-state index contributed by atoms with van der Waals surface area (Å²) in [6.45, 7) is 1.82. The molecule has 0 aromatic heterocycles. The molecule has 0 spiro atoms. The van der Waals surface area contributed by atoms with Crippen LogP contribution >= 0.6 is 0 Å². The molecule has 5 heteroatoms. The Balaban J connectivity index is 2.64. The summed E-state index contributed by atoms with van der Waals surface area (Å²) in [4.78, 5) is 11.5. The van der Waals surface area contributed by atoms with Crippen molar-refractivity contribution in [1.82, 2.24) is 0 Å². The number of methoxy groups -OCH3 is 3. The van der Waals surface area contributed by atoms with Crippen LogP contribution in [0.4, 0.5) is 0 Å². The van der Waals surface area contributed by atoms with Gasteiger partial charge in [0, 0.05) is 11.6 Å². The number of phenols is 1. The quantitative estimate of drug-likeness (QED) is 0.670. The molecule has 0 aliphatic heterocycles. The number of phenolic OH excluding ortho intramolecular Hbond substituents is 1. The fraction of sp³-hybridized carbons (Fsp3) is 0.211. The number of rotatable bonds is 5. The van der Waals surface area contributed by atoms with Crippen molar-refractivity contribution in [2.45, 2.75) is 6.92 Å². The maximum Gasteiger partial charge on any atom is 0.330 e. The largest absolute Gasteiger partial charge is 0.508 e. The lowest BCUT2D eigenvalue weighted by molar-refractivity contribution is -0.134. The van der Waals surface area contributed by atoms with Gasteiger partial charge in [-0.25, -0.2) is 4.79 Å². The van der Waals surface area contributed by atoms with Crippen LogP contribution in [-0.2, 0) is 9.53 Å². The van der Waals surface area contributed by atoms with E-state index in [1.165, 1.54) is 13.2 Å². The predicted molar refractivity (Wildman–Crippen MR) is 92.3 cm³/mol. The van der Waals surface area contributed by atoms with Gasteiger partial charge in [-0.15, -0.1) is 0 Å². The van der Waals surface area contributed by atoms with Gasteiger partial charge in [0.1, 0.15) is 5.75 Å². The maximum atomic E-state index is 11.5. The predicted octanol–water partition coefficient (Wildman–Crippen LogP) is 3.65. The van der Waals surface area contributed by atoms with Gasteiger partial charge in [0.05, 0.1) is 21.3 Å². The van der Waals surface area contributed by atoms with E-state index in [-0.39, 0.29) is 5.75 Å². The van der Waals surface area contributed by atoms with E-state index in [0.717, 1.165) is 22.3 Å². The molecule has 0 saturated heterocycles. The Morgan fingerprint density at radius 2 is 1.71 bits per heavy atom. The van der Waals surface area contributed by atoms with Gasteiger partial charge in [0.25, 0.3) is 0 Å². The highest BCUT2D eigenvalue weighted by atomic mass is 16.5. The highest BCUT2D eigenvalue weighted by Gasteiger charge is 2.15. The zero-order valence-corrected chi connectivity index (χ0v) is 14.1. The van der Waals surface area contributed by atoms with Crippen molar-refractivity contribution < 1.29 is 24.1 Å². The summed E-state index contributed by atoms with van der Waals surface area (Å²) < 4.78 is 15.6. The third-order valence-electron chi connectivity index (χ3n) is 3.65. The van der Waals surface area contributed by atoms with Crippen LogP contribution in [0.3, 0.4) is 0 Å². The number of aromatic hydroxyl groups is 1. The van der Waals surface area contributed by atoms with Crippen LogP contribution in [0.1, 0.15) is 12.5 Å². The molecular weight excluding hydrogens is 308 g/mol. The highest BCUT2D eigenvalue weighted by Crippen LogP contribution is 2.41. The van der Waals surface area contributed by atoms with Crippen LogP contribution in [0.25, 0.3) is 16.7 Å². The third-order valence-corrected chi connectivity index (χ3v) is 3.65. The average molecular weight is 328 g/mol. The first kappa shape index (κ1) is 17.4. The molecule has 0 amide bonds. The molecule has 2 aromatic carbocycles. The van der Waals surface area contributed by atoms with E-state index in [4.69, 9.17) is 9.47 Å². The molecule has 0 aliphatic carbocycles. The molecule has 0 fully saturated rings. The van der Waals surface area contributed by atoms with Crippen LogP contribution in [0.15, 0.2) is 42.5 Å². The van der Waals surface area contributed by atoms with Crippen molar-refractivity contribution >= 4 is 11.5 Å². The van der Waals surface area contributed by atoms with E-state index in [0.29, 0.717) is 11.5 Å². The normalized spacial score (nSPS) is 11.1. The number of ether oxygens (including phenoxy) is 3. The number of benzene rings is 2. The molecule has 2 aromatic rings. The van der Waals surface area contributed by atoms with Crippen LogP contribution in [0.5, 0.6) is 17.2 Å². The number of allylic oxidation sites excluding steroid dienone is 1. The Morgan fingerprint density at radius 1 is 1.04 bits per heavy atom. The molecule has 0 bridgehead atoms. The Morgan fingerprint density at radius 3 is 2.25 bits per heavy atom. The zero-order chi connectivity index (χ0) is 17.7. The third kappa shape index (κ3) is 3.68. The van der Waals surface area contributed by atoms with Gasteiger partial charge in [-0.2, -0.15) is 0 Å². The molecular formula is C19H20O5. The van der Waals surface area contributed by atoms with Gasteiger partial charge < -0.3 is 19.3 Å². The lowest BCUT2D eigenvalue weighted by Crippen LogP contribution is -1.98. The molecule has 5 nitrogen and oxygen atoms in total. The molecule has 0 radical (unpaired) electrons. The summed E-state index contributed by atoms with van der Waals surface area (Å²) >= 11 is 0. The lowest BCUT2D eigenvalue weighted by atomic mass is 9.97. The van der Waals surface area contributed by atoms with Gasteiger partial charge in [0.15, 0.2) is 11.5 Å². The molecule has 2 rings (SSSR count). The number of hydrogen-bond donors (Lipinski definition) is 1. The number of hydrogen-bond acceptors (Lipinski definition) is 5. The fourth-order valence-corrected chi connectivity index (χ4v) is 2.37. The molecule has 0 aliphatic rings. The maximum absolute atomic E-state index is 11.5. The van der Waals surface area contributed by atoms with Crippen molar-refractivity contribution in [2.24, 2.45) is 0 Å². The van der Waals surface area contributed by atoms with Crippen molar-refractivity contribution in [3.63, 3.8) is 0 Å². The van der Waals surface area contributed by atoms with E-state index >= 15 is 0 Å². The summed E-state index contributed by atoms with van der Waals surface area (Å²) in [5, 5.41) is 9.48. The molecule has 0 unspecified atom stereocenters. The minimum Gasteiger partial charge on any atom is -0.508 e. The number of carbonyl (C=O) groups is 1. The highest BCUT2D eigenvalue weighted by molar-refractivity contribution is 5.92. The molecule has 0 saturated carbocycles. The van der Waals surface area contributed by atoms with E-state index in [9.17, 15) is 9.90 Å². The Bertz CT molecular complexity index is 760. The standard InChI is InChI=1S/C19H20O5/c1-12(9-18(21)23-3)14-10-16(13-5-7-15(20)8-6-13)19(24-4)17(11-14)22-2/h5-11,20H,1-4H3/b12-9+. The molecule has 0 heterocycles. The van der Waals surface area contributed by atoms with Crippen LogP contribution < -0.4 is 9.47 Å². The van der Waals surface area contributed by atoms with Gasteiger partial charge in [-0.05, 0) is 47.9 Å². The first-order chi connectivity index (χ1) is 11.5. The lowest BCUT2D eigenvalue weighted by Gasteiger charge is -2.16. The topological polar surface area (TPSA) is 65.0 Å². The van der Waals surface area contributed by atoms with Crippen LogP contribution in [0, 0.1) is 0 Å². The molecule has 126 valence electrons. The van der Waals surface area contributed by atoms with Crippen molar-refractivity contribution in [1.29, 1.82) is 0 Å². The van der Waals surface area contributed by atoms with E-state index in [1.807, 2.05) is 13.0 Å². The van der Waals surface area contributed by atoms with Gasteiger partial charge in [-0.1, -0.05) is 12.1 Å². The first-order valence-corrected chi connectivity index (χ1v) is 7.32. The van der Waals surface area contributed by atoms with E-state index in [2.05, 4.69) is 4.74 Å². The molecule has 24 heavy (non-hydrogen) atoms. The Kier molecular flexibility index (Phi) is 5.47. The second kappa shape index (κ2) is 7.55. The second-order valence-corrected chi connectivity index (χ2v) is 5.16. The Labute approximate surface area is 141 Å². The van der Waals surface area contributed by atoms with E-state index < -0.39 is 5.97 Å². The summed E-state index contributed by atoms with van der Waals surface area (Å²) in [7, 11) is 4.46. The second-order valence-electron chi connectivity index (χ2n) is 5.16. The first-order valence-electron chi connectivity index (χ1n) is 7.32. The summed E-state index contributed by atoms with van der Waals surface area (Å²) in [6, 6.07) is 10.5. The minimum absolute atomic E-state index is 0.183. The zero-order valence-electron chi connectivity index (χ0n) is 14.1. The monoisotopic (exact) mass is 328 g/mol. The smallest absolute Gasteiger partial charge is 0.330 e. The summed E-state index contributed by atoms with van der Waals surface area (Å²) in [6.07, 6.45) is 1.42. The number of carbonyl (C=O) groups excluding carboxylic acids is 1. The van der Waals surface area contributed by atoms with Crippen LogP contribution in [-0.4, -0.2) is 32.4 Å². The average Bonchev–Trinajstić information content (AvgIpc) is 2.60. The fourth-order valence-electron chi connectivity index (χ4n) is 2.37. The van der Waals surface area contributed by atoms with Crippen molar-refractivity contribution in [3.05, 3.63) is 48.0 Å². The van der Waals surface area contributed by atoms with Crippen molar-refractivity contribution in [2.75, 3.05) is 21.3 Å². The van der Waals surface area contributed by atoms with E-state index in [1.54, 1.807) is 44.6 Å². The van der Waals surface area contributed by atoms with Crippen LogP contribution in [0.2, 0.25) is 0 Å². The summed E-state index contributed by atoms with van der Waals surface area (Å²) in [5.41, 5.74) is 3.20. The summed E-state index contributed by atoms with van der Waals surface area (Å²) in [5.74, 6) is 0.893. The number of esters is 1. The minimum atomic E-state index is -0.423. The van der Waals surface area contributed by atoms with Gasteiger partial charge in [0.2, 0.25) is 0 Å². The van der Waals surface area contributed by atoms with Gasteiger partial charge >= 0.3 is 5.97 Å². The van der Waals surface area contributed by atoms with Crippen molar-refractivity contribution in [3.8, 4) is 28.4 Å². The molecule has 1 N–H and O–H groups in total. The Hall–Kier alpha value is -2.95. The SMILES string of the molecule is COC(=O)/C=C(\C)c1cc(OC)c(OC)c(-c2ccc(O)cc2)c1. The molecule has 0 atom stereocenters.